The quantitative estimate of drug-likeness (QED) is 0.477. The van der Waals surface area contributed by atoms with Gasteiger partial charge in [0.25, 0.3) is 0 Å². The third-order valence-electron chi connectivity index (χ3n) is 6.85. The van der Waals surface area contributed by atoms with Crippen molar-refractivity contribution in [1.29, 1.82) is 0 Å². The van der Waals surface area contributed by atoms with Crippen LogP contribution in [0.2, 0.25) is 0 Å². The minimum atomic E-state index is -0.317. The molecule has 214 valence electrons. The number of nitrogens with one attached hydrogen (secondary N) is 1. The zero-order valence-electron chi connectivity index (χ0n) is 24.0. The van der Waals surface area contributed by atoms with E-state index >= 15 is 0 Å². The molecule has 2 saturated heterocycles. The number of piperidine rings is 1. The first-order valence-corrected chi connectivity index (χ1v) is 13.8. The van der Waals surface area contributed by atoms with Gasteiger partial charge in [0, 0.05) is 44.7 Å². The molecule has 0 spiro atoms. The zero-order chi connectivity index (χ0) is 28.1. The Kier molecular flexibility index (Phi) is 9.26. The lowest BCUT2D eigenvalue weighted by molar-refractivity contribution is -0.125. The Morgan fingerprint density at radius 2 is 1.85 bits per heavy atom. The van der Waals surface area contributed by atoms with Crippen molar-refractivity contribution in [2.75, 3.05) is 52.1 Å². The molecular formula is C27H42N8O4. The molecule has 2 aromatic rings. The van der Waals surface area contributed by atoms with Crippen molar-refractivity contribution in [2.45, 2.75) is 71.1 Å². The average molecular weight is 543 g/mol. The van der Waals surface area contributed by atoms with Gasteiger partial charge in [-0.05, 0) is 46.7 Å². The molecule has 2 aromatic heterocycles. The van der Waals surface area contributed by atoms with Gasteiger partial charge in [-0.1, -0.05) is 19.9 Å². The first-order chi connectivity index (χ1) is 18.6. The van der Waals surface area contributed by atoms with Gasteiger partial charge in [-0.15, -0.1) is 5.10 Å². The van der Waals surface area contributed by atoms with Crippen LogP contribution in [0.1, 0.15) is 58.6 Å². The first-order valence-electron chi connectivity index (χ1n) is 13.8. The number of hydrogen-bond donors (Lipinski definition) is 1. The van der Waals surface area contributed by atoms with Crippen LogP contribution in [0.3, 0.4) is 0 Å². The van der Waals surface area contributed by atoms with Crippen molar-refractivity contribution < 1.29 is 19.1 Å². The molecule has 1 atom stereocenters. The Bertz CT molecular complexity index is 1170. The Morgan fingerprint density at radius 3 is 2.51 bits per heavy atom. The maximum Gasteiger partial charge on any atom is 0.410 e. The standard InChI is InChI=1S/C27H42N8O4/c1-18(2)22-16-28-25-24(30-26(31-35(22)25)38-19(3)4)29-20-9-13-33(14-10-20)27(37)39-21-11-15-34(17-21)23(36)8-7-12-32(5)6/h7-8,16,18-21H,9-15,17H2,1-6H3,(H,29,30,31)/b8-7+/t21-/m0/s1. The topological polar surface area (TPSA) is 117 Å². The number of likely N-dealkylation sites (N-methyl/N-ethyl adjacent to an activating group) is 1. The molecule has 2 aliphatic rings. The summed E-state index contributed by atoms with van der Waals surface area (Å²) in [5, 5.41) is 8.07. The van der Waals surface area contributed by atoms with Crippen LogP contribution in [0.25, 0.3) is 5.65 Å². The molecule has 0 aliphatic carbocycles. The average Bonchev–Trinajstić information content (AvgIpc) is 3.51. The van der Waals surface area contributed by atoms with Gasteiger partial charge in [-0.3, -0.25) is 4.79 Å². The Labute approximate surface area is 230 Å². The summed E-state index contributed by atoms with van der Waals surface area (Å²) in [6.45, 7) is 11.0. The van der Waals surface area contributed by atoms with Gasteiger partial charge >= 0.3 is 12.1 Å². The molecule has 12 nitrogen and oxygen atoms in total. The summed E-state index contributed by atoms with van der Waals surface area (Å²) in [7, 11) is 3.91. The summed E-state index contributed by atoms with van der Waals surface area (Å²) in [6, 6.07) is 0.422. The third kappa shape index (κ3) is 7.37. The lowest BCUT2D eigenvalue weighted by Gasteiger charge is -2.32. The predicted octanol–water partition coefficient (Wildman–Crippen LogP) is 2.77. The number of aromatic nitrogens is 4. The summed E-state index contributed by atoms with van der Waals surface area (Å²) in [5.41, 5.74) is 1.65. The highest BCUT2D eigenvalue weighted by atomic mass is 16.6. The van der Waals surface area contributed by atoms with Gasteiger partial charge in [-0.25, -0.2) is 14.3 Å². The van der Waals surface area contributed by atoms with E-state index in [9.17, 15) is 9.59 Å². The molecular weight excluding hydrogens is 500 g/mol. The summed E-state index contributed by atoms with van der Waals surface area (Å²) >= 11 is 0. The smallest absolute Gasteiger partial charge is 0.410 e. The molecule has 4 heterocycles. The van der Waals surface area contributed by atoms with Crippen molar-refractivity contribution in [3.05, 3.63) is 24.0 Å². The van der Waals surface area contributed by atoms with E-state index in [2.05, 4.69) is 34.2 Å². The maximum absolute atomic E-state index is 12.8. The second kappa shape index (κ2) is 12.6. The van der Waals surface area contributed by atoms with E-state index in [-0.39, 0.29) is 36.2 Å². The summed E-state index contributed by atoms with van der Waals surface area (Å²) in [6.07, 6.45) is 6.77. The van der Waals surface area contributed by atoms with E-state index in [1.165, 1.54) is 0 Å². The van der Waals surface area contributed by atoms with E-state index < -0.39 is 0 Å². The fraction of sp³-hybridized carbons (Fsp3) is 0.667. The van der Waals surface area contributed by atoms with Gasteiger partial charge in [0.05, 0.1) is 24.5 Å². The van der Waals surface area contributed by atoms with Crippen LogP contribution in [0.15, 0.2) is 18.3 Å². The highest BCUT2D eigenvalue weighted by molar-refractivity contribution is 5.87. The van der Waals surface area contributed by atoms with Crippen LogP contribution in [0.4, 0.5) is 10.6 Å². The molecule has 0 unspecified atom stereocenters. The van der Waals surface area contributed by atoms with E-state index in [0.29, 0.717) is 56.6 Å². The minimum Gasteiger partial charge on any atom is -0.460 e. The number of fused-ring (bicyclic) bond motifs is 1. The summed E-state index contributed by atoms with van der Waals surface area (Å²) in [4.78, 5) is 39.9. The molecule has 1 N–H and O–H groups in total. The number of amides is 2. The van der Waals surface area contributed by atoms with E-state index in [0.717, 1.165) is 18.5 Å². The number of anilines is 1. The van der Waals surface area contributed by atoms with Crippen LogP contribution in [-0.4, -0.2) is 111 Å². The number of carbonyl (C=O) groups excluding carboxylic acids is 2. The highest BCUT2D eigenvalue weighted by Gasteiger charge is 2.31. The van der Waals surface area contributed by atoms with Gasteiger partial charge < -0.3 is 29.5 Å². The van der Waals surface area contributed by atoms with Gasteiger partial charge in [0.15, 0.2) is 11.5 Å². The molecule has 0 bridgehead atoms. The number of ether oxygens (including phenoxy) is 2. The molecule has 39 heavy (non-hydrogen) atoms. The Morgan fingerprint density at radius 1 is 1.13 bits per heavy atom. The van der Waals surface area contributed by atoms with Crippen LogP contribution in [0.5, 0.6) is 6.01 Å². The lowest BCUT2D eigenvalue weighted by Crippen LogP contribution is -2.44. The van der Waals surface area contributed by atoms with Crippen molar-refractivity contribution in [1.82, 2.24) is 34.3 Å². The van der Waals surface area contributed by atoms with Crippen LogP contribution >= 0.6 is 0 Å². The minimum absolute atomic E-state index is 0.0407. The van der Waals surface area contributed by atoms with E-state index in [1.54, 1.807) is 20.4 Å². The van der Waals surface area contributed by atoms with Crippen molar-refractivity contribution >= 4 is 23.5 Å². The van der Waals surface area contributed by atoms with Crippen LogP contribution < -0.4 is 10.1 Å². The van der Waals surface area contributed by atoms with E-state index in [1.807, 2.05) is 45.1 Å². The second-order valence-electron chi connectivity index (χ2n) is 11.1. The molecule has 2 amide bonds. The molecule has 2 aliphatic heterocycles. The molecule has 0 radical (unpaired) electrons. The largest absolute Gasteiger partial charge is 0.460 e. The number of hydrogen-bond acceptors (Lipinski definition) is 9. The maximum atomic E-state index is 12.8. The number of nitrogens with zero attached hydrogens (tertiary/aromatic N) is 7. The molecule has 12 heteroatoms. The number of rotatable bonds is 9. The number of imidazole rings is 1. The SMILES string of the molecule is CC(C)Oc1nc(NC2CCN(C(=O)O[C@H]3CCN(C(=O)/C=C/CN(C)C)C3)CC2)c2ncc(C(C)C)n2n1. The number of carbonyl (C=O) groups is 2. The summed E-state index contributed by atoms with van der Waals surface area (Å²) < 4.78 is 13.4. The first kappa shape index (κ1) is 28.6. The van der Waals surface area contributed by atoms with Crippen LogP contribution in [-0.2, 0) is 9.53 Å². The Hall–Kier alpha value is -3.41. The third-order valence-corrected chi connectivity index (χ3v) is 6.85. The van der Waals surface area contributed by atoms with Crippen molar-refractivity contribution in [3.8, 4) is 6.01 Å². The highest BCUT2D eigenvalue weighted by Crippen LogP contribution is 2.25. The monoisotopic (exact) mass is 542 g/mol. The Balaban J connectivity index is 1.30. The van der Waals surface area contributed by atoms with Crippen molar-refractivity contribution in [2.24, 2.45) is 0 Å². The van der Waals surface area contributed by atoms with Gasteiger partial charge in [0.1, 0.15) is 6.10 Å². The fourth-order valence-electron chi connectivity index (χ4n) is 4.74. The molecule has 0 aromatic carbocycles. The predicted molar refractivity (Wildman–Crippen MR) is 148 cm³/mol. The van der Waals surface area contributed by atoms with E-state index in [4.69, 9.17) is 9.47 Å². The van der Waals surface area contributed by atoms with Crippen LogP contribution in [0, 0.1) is 0 Å². The summed E-state index contributed by atoms with van der Waals surface area (Å²) in [5.74, 6) is 0.832. The second-order valence-corrected chi connectivity index (χ2v) is 11.1. The molecule has 4 rings (SSSR count). The van der Waals surface area contributed by atoms with Crippen molar-refractivity contribution in [3.63, 3.8) is 0 Å². The molecule has 2 fully saturated rings. The molecule has 0 saturated carbocycles. The fourth-order valence-corrected chi connectivity index (χ4v) is 4.74. The van der Waals surface area contributed by atoms with Gasteiger partial charge in [-0.2, -0.15) is 4.98 Å². The zero-order valence-corrected chi connectivity index (χ0v) is 24.0. The normalized spacial score (nSPS) is 18.7. The van der Waals surface area contributed by atoms with Gasteiger partial charge in [0.2, 0.25) is 5.91 Å². The number of likely N-dealkylation sites (tertiary alicyclic amines) is 2. The lowest BCUT2D eigenvalue weighted by atomic mass is 10.1.